The van der Waals surface area contributed by atoms with Crippen LogP contribution in [-0.4, -0.2) is 33.7 Å². The summed E-state index contributed by atoms with van der Waals surface area (Å²) in [5.41, 5.74) is 5.52. The predicted molar refractivity (Wildman–Crippen MR) is 63.0 cm³/mol. The number of nitrogens with two attached hydrogens (primary N) is 1. The molecule has 0 spiro atoms. The highest BCUT2D eigenvalue weighted by atomic mass is 28.3. The maximum Gasteiger partial charge on any atom is 0.141 e. The minimum atomic E-state index is -1.42. The largest absolute Gasteiger partial charge is 0.357 e. The lowest BCUT2D eigenvalue weighted by Gasteiger charge is -2.31. The zero-order valence-corrected chi connectivity index (χ0v) is 11.0. The van der Waals surface area contributed by atoms with Crippen LogP contribution in [0.1, 0.15) is 20.3 Å². The molecule has 86 valence electrons. The van der Waals surface area contributed by atoms with E-state index in [0.717, 1.165) is 26.2 Å². The van der Waals surface area contributed by atoms with Crippen molar-refractivity contribution in [1.29, 1.82) is 0 Å². The zero-order chi connectivity index (χ0) is 11.0. The Morgan fingerprint density at radius 2 is 1.64 bits per heavy atom. The van der Waals surface area contributed by atoms with Gasteiger partial charge in [0.15, 0.2) is 0 Å². The van der Waals surface area contributed by atoms with Gasteiger partial charge in [-0.25, -0.2) is 0 Å². The molecule has 0 aliphatic heterocycles. The Bertz CT molecular complexity index is 136. The molecule has 4 heteroatoms. The normalized spacial score (nSPS) is 12.4. The van der Waals surface area contributed by atoms with Gasteiger partial charge in [0, 0.05) is 13.2 Å². The van der Waals surface area contributed by atoms with E-state index in [2.05, 4.69) is 13.1 Å². The maximum absolute atomic E-state index is 5.64. The summed E-state index contributed by atoms with van der Waals surface area (Å²) >= 11 is 0. The Labute approximate surface area is 89.0 Å². The third-order valence-corrected chi connectivity index (χ3v) is 5.55. The van der Waals surface area contributed by atoms with E-state index in [4.69, 9.17) is 15.2 Å². The van der Waals surface area contributed by atoms with E-state index in [1.165, 1.54) is 6.04 Å². The van der Waals surface area contributed by atoms with E-state index in [1.807, 2.05) is 13.8 Å². The first-order chi connectivity index (χ1) is 6.58. The molecular weight excluding hydrogens is 194 g/mol. The molecule has 14 heavy (non-hydrogen) atoms. The highest BCUT2D eigenvalue weighted by Crippen LogP contribution is 2.20. The van der Waals surface area contributed by atoms with E-state index >= 15 is 0 Å². The molecule has 0 radical (unpaired) electrons. The fourth-order valence-corrected chi connectivity index (χ4v) is 4.06. The molecule has 0 aliphatic rings. The van der Waals surface area contributed by atoms with Crippen molar-refractivity contribution < 1.29 is 9.47 Å². The topological polar surface area (TPSA) is 44.5 Å². The second-order valence-corrected chi connectivity index (χ2v) is 9.07. The Morgan fingerprint density at radius 3 is 2.00 bits per heavy atom. The van der Waals surface area contributed by atoms with Crippen LogP contribution >= 0.6 is 0 Å². The van der Waals surface area contributed by atoms with Gasteiger partial charge in [-0.1, -0.05) is 19.1 Å². The summed E-state index contributed by atoms with van der Waals surface area (Å²) in [5, 5.41) is 0. The Hall–Kier alpha value is 0.0969. The van der Waals surface area contributed by atoms with Gasteiger partial charge in [0.2, 0.25) is 0 Å². The Balaban J connectivity index is 4.13. The molecule has 0 aliphatic carbocycles. The number of hydrogen-bond donors (Lipinski definition) is 1. The van der Waals surface area contributed by atoms with Crippen LogP contribution in [0.3, 0.4) is 0 Å². The van der Waals surface area contributed by atoms with Crippen LogP contribution in [0.25, 0.3) is 0 Å². The SMILES string of the molecule is CCOC(OCC)[Si](C)(C)CCCN. The lowest BCUT2D eigenvalue weighted by atomic mass is 10.5. The standard InChI is InChI=1S/C10H25NO2Si/c1-5-12-10(13-6-2)14(3,4)9-7-8-11/h10H,5-9,11H2,1-4H3. The van der Waals surface area contributed by atoms with Crippen LogP contribution in [0, 0.1) is 0 Å². The van der Waals surface area contributed by atoms with E-state index in [1.54, 1.807) is 0 Å². The minimum absolute atomic E-state index is 0.0315. The summed E-state index contributed by atoms with van der Waals surface area (Å²) in [6, 6.07) is 1.17. The molecule has 0 rings (SSSR count). The quantitative estimate of drug-likeness (QED) is 0.501. The van der Waals surface area contributed by atoms with Crippen molar-refractivity contribution in [2.75, 3.05) is 19.8 Å². The van der Waals surface area contributed by atoms with Crippen LogP contribution in [-0.2, 0) is 9.47 Å². The molecule has 0 heterocycles. The van der Waals surface area contributed by atoms with Crippen molar-refractivity contribution in [1.82, 2.24) is 0 Å². The zero-order valence-electron chi connectivity index (χ0n) is 10.0. The molecular formula is C10H25NO2Si. The molecule has 0 saturated carbocycles. The highest BCUT2D eigenvalue weighted by Gasteiger charge is 2.32. The monoisotopic (exact) mass is 219 g/mol. The summed E-state index contributed by atoms with van der Waals surface area (Å²) in [7, 11) is -1.42. The summed E-state index contributed by atoms with van der Waals surface area (Å²) < 4.78 is 11.3. The Kier molecular flexibility index (Phi) is 7.45. The molecule has 0 aromatic rings. The average Bonchev–Trinajstić information content (AvgIpc) is 2.14. The average molecular weight is 219 g/mol. The molecule has 3 nitrogen and oxygen atoms in total. The van der Waals surface area contributed by atoms with Gasteiger partial charge in [-0.2, -0.15) is 0 Å². The van der Waals surface area contributed by atoms with Gasteiger partial charge in [-0.15, -0.1) is 0 Å². The van der Waals surface area contributed by atoms with Gasteiger partial charge in [0.1, 0.15) is 14.0 Å². The molecule has 0 atom stereocenters. The highest BCUT2D eigenvalue weighted by molar-refractivity contribution is 6.78. The van der Waals surface area contributed by atoms with Gasteiger partial charge in [0.25, 0.3) is 0 Å². The van der Waals surface area contributed by atoms with Crippen molar-refractivity contribution in [3.05, 3.63) is 0 Å². The van der Waals surface area contributed by atoms with Gasteiger partial charge in [0.05, 0.1) is 0 Å². The van der Waals surface area contributed by atoms with Crippen LogP contribution in [0.15, 0.2) is 0 Å². The van der Waals surface area contributed by atoms with Gasteiger partial charge >= 0.3 is 0 Å². The van der Waals surface area contributed by atoms with Crippen molar-refractivity contribution in [2.24, 2.45) is 5.73 Å². The van der Waals surface area contributed by atoms with Crippen LogP contribution in [0.5, 0.6) is 0 Å². The second kappa shape index (κ2) is 7.40. The molecule has 0 amide bonds. The second-order valence-electron chi connectivity index (χ2n) is 4.12. The maximum atomic E-state index is 5.64. The minimum Gasteiger partial charge on any atom is -0.357 e. The first-order valence-corrected chi connectivity index (χ1v) is 8.80. The van der Waals surface area contributed by atoms with Crippen molar-refractivity contribution in [3.8, 4) is 0 Å². The fraction of sp³-hybridized carbons (Fsp3) is 1.00. The summed E-state index contributed by atoms with van der Waals surface area (Å²) in [6.45, 7) is 10.9. The molecule has 2 N–H and O–H groups in total. The van der Waals surface area contributed by atoms with Crippen LogP contribution in [0.4, 0.5) is 0 Å². The number of ether oxygens (including phenoxy) is 2. The third-order valence-electron chi connectivity index (χ3n) is 2.30. The lowest BCUT2D eigenvalue weighted by Crippen LogP contribution is -2.45. The predicted octanol–water partition coefficient (Wildman–Crippen LogP) is 1.98. The van der Waals surface area contributed by atoms with Gasteiger partial charge in [-0.3, -0.25) is 0 Å². The van der Waals surface area contributed by atoms with E-state index in [0.29, 0.717) is 0 Å². The third kappa shape index (κ3) is 5.10. The molecule has 0 saturated heterocycles. The Morgan fingerprint density at radius 1 is 1.14 bits per heavy atom. The van der Waals surface area contributed by atoms with E-state index in [-0.39, 0.29) is 5.91 Å². The fourth-order valence-electron chi connectivity index (χ4n) is 1.48. The number of rotatable bonds is 8. The summed E-state index contributed by atoms with van der Waals surface area (Å²) in [6.07, 6.45) is 1.08. The summed E-state index contributed by atoms with van der Waals surface area (Å²) in [5.74, 6) is 0.0315. The van der Waals surface area contributed by atoms with Gasteiger partial charge in [-0.05, 0) is 26.8 Å². The van der Waals surface area contributed by atoms with Crippen molar-refractivity contribution >= 4 is 8.07 Å². The van der Waals surface area contributed by atoms with E-state index < -0.39 is 8.07 Å². The molecule has 0 aromatic carbocycles. The summed E-state index contributed by atoms with van der Waals surface area (Å²) in [4.78, 5) is 0. The molecule has 0 bridgehead atoms. The van der Waals surface area contributed by atoms with Crippen LogP contribution < -0.4 is 5.73 Å². The van der Waals surface area contributed by atoms with Crippen molar-refractivity contribution in [2.45, 2.75) is 45.3 Å². The smallest absolute Gasteiger partial charge is 0.141 e. The molecule has 0 aromatic heterocycles. The van der Waals surface area contributed by atoms with Crippen LogP contribution in [0.2, 0.25) is 19.1 Å². The number of hydrogen-bond acceptors (Lipinski definition) is 3. The first kappa shape index (κ1) is 14.1. The van der Waals surface area contributed by atoms with Crippen molar-refractivity contribution in [3.63, 3.8) is 0 Å². The molecule has 0 fully saturated rings. The van der Waals surface area contributed by atoms with Gasteiger partial charge < -0.3 is 15.2 Å². The molecule has 0 unspecified atom stereocenters. The van der Waals surface area contributed by atoms with E-state index in [9.17, 15) is 0 Å². The lowest BCUT2D eigenvalue weighted by molar-refractivity contribution is -0.0883. The first-order valence-electron chi connectivity index (χ1n) is 5.51.